The largest absolute Gasteiger partial charge is 0.481 e. The first-order valence-corrected chi connectivity index (χ1v) is 5.75. The fourth-order valence-electron chi connectivity index (χ4n) is 1.70. The third-order valence-electron chi connectivity index (χ3n) is 2.42. The summed E-state index contributed by atoms with van der Waals surface area (Å²) in [6.45, 7) is 5.04. The summed E-state index contributed by atoms with van der Waals surface area (Å²) in [6.07, 6.45) is 4.36. The van der Waals surface area contributed by atoms with Gasteiger partial charge >= 0.3 is 0 Å². The highest BCUT2D eigenvalue weighted by Gasteiger charge is 2.12. The van der Waals surface area contributed by atoms with Gasteiger partial charge in [0.05, 0.1) is 12.8 Å². The zero-order valence-electron chi connectivity index (χ0n) is 10.4. The third kappa shape index (κ3) is 3.45. The van der Waals surface area contributed by atoms with E-state index in [2.05, 4.69) is 23.8 Å². The van der Waals surface area contributed by atoms with E-state index in [9.17, 15) is 0 Å². The van der Waals surface area contributed by atoms with Crippen molar-refractivity contribution in [3.8, 4) is 5.88 Å². The number of methoxy groups -OCH3 is 1. The van der Waals surface area contributed by atoms with Gasteiger partial charge in [-0.05, 0) is 31.7 Å². The van der Waals surface area contributed by atoms with Crippen LogP contribution in [0.1, 0.15) is 31.5 Å². The molecule has 0 unspecified atom stereocenters. The maximum atomic E-state index is 5.54. The second kappa shape index (κ2) is 6.43. The summed E-state index contributed by atoms with van der Waals surface area (Å²) in [7, 11) is 1.65. The molecule has 2 N–H and O–H groups in total. The lowest BCUT2D eigenvalue weighted by molar-refractivity contribution is 0.388. The van der Waals surface area contributed by atoms with Gasteiger partial charge in [0.1, 0.15) is 6.33 Å². The molecule has 0 saturated carbocycles. The Labute approximate surface area is 97.2 Å². The first-order valence-electron chi connectivity index (χ1n) is 5.75. The van der Waals surface area contributed by atoms with Crippen molar-refractivity contribution in [3.63, 3.8) is 0 Å². The maximum absolute atomic E-state index is 5.54. The molecule has 16 heavy (non-hydrogen) atoms. The number of nitrogens with two attached hydrogens (primary N) is 1. The van der Waals surface area contributed by atoms with Gasteiger partial charge < -0.3 is 10.5 Å². The Bertz CT molecular complexity index is 326. The third-order valence-corrected chi connectivity index (χ3v) is 2.42. The van der Waals surface area contributed by atoms with Crippen LogP contribution in [0.2, 0.25) is 0 Å². The van der Waals surface area contributed by atoms with Crippen LogP contribution in [0.25, 0.3) is 0 Å². The molecular weight excluding hydrogens is 202 g/mol. The molecule has 0 aliphatic carbocycles. The van der Waals surface area contributed by atoms with Gasteiger partial charge in [-0.2, -0.15) is 0 Å². The van der Waals surface area contributed by atoms with Crippen LogP contribution in [0.3, 0.4) is 0 Å². The van der Waals surface area contributed by atoms with Gasteiger partial charge in [0.2, 0.25) is 5.88 Å². The Balaban J connectivity index is 2.95. The van der Waals surface area contributed by atoms with Gasteiger partial charge in [0.25, 0.3) is 0 Å². The molecule has 0 aromatic carbocycles. The summed E-state index contributed by atoms with van der Waals surface area (Å²) in [5.41, 5.74) is 7.75. The lowest BCUT2D eigenvalue weighted by Gasteiger charge is -2.12. The van der Waals surface area contributed by atoms with Gasteiger partial charge in [-0.25, -0.2) is 9.97 Å². The van der Waals surface area contributed by atoms with Crippen LogP contribution in [0.5, 0.6) is 5.88 Å². The summed E-state index contributed by atoms with van der Waals surface area (Å²) in [5.74, 6) is 1.27. The molecule has 4 heteroatoms. The van der Waals surface area contributed by atoms with E-state index in [0.717, 1.165) is 30.5 Å². The van der Waals surface area contributed by atoms with Crippen LogP contribution in [0.15, 0.2) is 6.33 Å². The quantitative estimate of drug-likeness (QED) is 0.795. The van der Waals surface area contributed by atoms with Crippen molar-refractivity contribution in [3.05, 3.63) is 17.6 Å². The monoisotopic (exact) mass is 223 g/mol. The van der Waals surface area contributed by atoms with E-state index in [1.807, 2.05) is 0 Å². The van der Waals surface area contributed by atoms with Gasteiger partial charge in [-0.15, -0.1) is 0 Å². The lowest BCUT2D eigenvalue weighted by atomic mass is 10.0. The van der Waals surface area contributed by atoms with Crippen LogP contribution in [0.4, 0.5) is 0 Å². The van der Waals surface area contributed by atoms with Crippen molar-refractivity contribution >= 4 is 0 Å². The van der Waals surface area contributed by atoms with Crippen LogP contribution in [-0.4, -0.2) is 23.6 Å². The minimum atomic E-state index is 0.580. The number of hydrogen-bond acceptors (Lipinski definition) is 4. The second-order valence-electron chi connectivity index (χ2n) is 4.30. The van der Waals surface area contributed by atoms with E-state index < -0.39 is 0 Å². The Morgan fingerprint density at radius 2 is 2.12 bits per heavy atom. The molecule has 0 amide bonds. The van der Waals surface area contributed by atoms with Gasteiger partial charge in [0, 0.05) is 5.56 Å². The first-order chi connectivity index (χ1) is 7.69. The Morgan fingerprint density at radius 3 is 2.69 bits per heavy atom. The minimum Gasteiger partial charge on any atom is -0.481 e. The number of aromatic nitrogens is 2. The maximum Gasteiger partial charge on any atom is 0.219 e. The summed E-state index contributed by atoms with van der Waals surface area (Å²) >= 11 is 0. The van der Waals surface area contributed by atoms with Crippen molar-refractivity contribution in [1.29, 1.82) is 0 Å². The van der Waals surface area contributed by atoms with Crippen molar-refractivity contribution < 1.29 is 4.74 Å². The molecule has 0 spiro atoms. The van der Waals surface area contributed by atoms with E-state index >= 15 is 0 Å². The normalized spacial score (nSPS) is 10.8. The highest BCUT2D eigenvalue weighted by atomic mass is 16.5. The Kier molecular flexibility index (Phi) is 5.19. The van der Waals surface area contributed by atoms with E-state index in [1.165, 1.54) is 0 Å². The Morgan fingerprint density at radius 1 is 1.38 bits per heavy atom. The molecular formula is C12H21N3O. The molecule has 1 aromatic heterocycles. The molecule has 1 rings (SSSR count). The zero-order chi connectivity index (χ0) is 12.0. The predicted octanol–water partition coefficient (Wildman–Crippen LogP) is 1.57. The molecule has 0 radical (unpaired) electrons. The molecule has 1 heterocycles. The van der Waals surface area contributed by atoms with Gasteiger partial charge in [0.15, 0.2) is 0 Å². The topological polar surface area (TPSA) is 61.0 Å². The number of hydrogen-bond donors (Lipinski definition) is 1. The van der Waals surface area contributed by atoms with Crippen LogP contribution < -0.4 is 10.5 Å². The summed E-state index contributed by atoms with van der Waals surface area (Å²) in [4.78, 5) is 8.49. The first kappa shape index (κ1) is 12.9. The Hall–Kier alpha value is -1.16. The number of nitrogens with zero attached hydrogens (tertiary/aromatic N) is 2. The van der Waals surface area contributed by atoms with Gasteiger partial charge in [-0.3, -0.25) is 0 Å². The lowest BCUT2D eigenvalue weighted by Crippen LogP contribution is -2.09. The highest BCUT2D eigenvalue weighted by Crippen LogP contribution is 2.21. The average Bonchev–Trinajstić information content (AvgIpc) is 2.26. The van der Waals surface area contributed by atoms with Crippen molar-refractivity contribution in [1.82, 2.24) is 9.97 Å². The van der Waals surface area contributed by atoms with Crippen molar-refractivity contribution in [2.45, 2.75) is 33.1 Å². The van der Waals surface area contributed by atoms with Crippen molar-refractivity contribution in [2.24, 2.45) is 11.7 Å². The fraction of sp³-hybridized carbons (Fsp3) is 0.667. The second-order valence-corrected chi connectivity index (χ2v) is 4.30. The molecule has 0 aliphatic rings. The minimum absolute atomic E-state index is 0.580. The summed E-state index contributed by atoms with van der Waals surface area (Å²) < 4.78 is 5.27. The van der Waals surface area contributed by atoms with E-state index in [4.69, 9.17) is 10.5 Å². The SMILES string of the molecule is COc1ncnc(CC(C)C)c1CCCN. The highest BCUT2D eigenvalue weighted by molar-refractivity contribution is 5.30. The standard InChI is InChI=1S/C12H21N3O/c1-9(2)7-11-10(5-4-6-13)12(16-3)15-8-14-11/h8-9H,4-7,13H2,1-3H3. The van der Waals surface area contributed by atoms with Crippen LogP contribution >= 0.6 is 0 Å². The molecule has 0 saturated heterocycles. The zero-order valence-corrected chi connectivity index (χ0v) is 10.4. The number of ether oxygens (including phenoxy) is 1. The molecule has 0 aliphatic heterocycles. The predicted molar refractivity (Wildman–Crippen MR) is 64.5 cm³/mol. The summed E-state index contributed by atoms with van der Waals surface area (Å²) in [5, 5.41) is 0. The van der Waals surface area contributed by atoms with Gasteiger partial charge in [-0.1, -0.05) is 13.8 Å². The van der Waals surface area contributed by atoms with Crippen molar-refractivity contribution in [2.75, 3.05) is 13.7 Å². The molecule has 0 fully saturated rings. The van der Waals surface area contributed by atoms with E-state index in [-0.39, 0.29) is 0 Å². The van der Waals surface area contributed by atoms with E-state index in [1.54, 1.807) is 13.4 Å². The number of rotatable bonds is 6. The molecule has 0 bridgehead atoms. The fourth-order valence-corrected chi connectivity index (χ4v) is 1.70. The van der Waals surface area contributed by atoms with E-state index in [0.29, 0.717) is 18.3 Å². The van der Waals surface area contributed by atoms with Crippen LogP contribution in [-0.2, 0) is 12.8 Å². The smallest absolute Gasteiger partial charge is 0.219 e. The molecule has 1 aromatic rings. The molecule has 4 nitrogen and oxygen atoms in total. The molecule has 0 atom stereocenters. The molecule has 90 valence electrons. The van der Waals surface area contributed by atoms with Crippen LogP contribution in [0, 0.1) is 5.92 Å². The average molecular weight is 223 g/mol. The summed E-state index contributed by atoms with van der Waals surface area (Å²) in [6, 6.07) is 0.